The number of carbonyl (C=O) groups excluding carboxylic acids is 1. The van der Waals surface area contributed by atoms with Crippen molar-refractivity contribution in [1.29, 1.82) is 0 Å². The van der Waals surface area contributed by atoms with Gasteiger partial charge in [-0.05, 0) is 67.2 Å². The summed E-state index contributed by atoms with van der Waals surface area (Å²) in [6.45, 7) is 2.34. The Labute approximate surface area is 188 Å². The van der Waals surface area contributed by atoms with Crippen LogP contribution < -0.4 is 17.1 Å². The van der Waals surface area contributed by atoms with Crippen LogP contribution in [-0.2, 0) is 23.2 Å². The van der Waals surface area contributed by atoms with Gasteiger partial charge in [-0.25, -0.2) is 4.79 Å². The summed E-state index contributed by atoms with van der Waals surface area (Å²) in [6, 6.07) is 13.3. The van der Waals surface area contributed by atoms with E-state index in [1.807, 2.05) is 24.3 Å². The molecule has 31 heavy (non-hydrogen) atoms. The Hall–Kier alpha value is -2.30. The molecule has 3 aliphatic carbocycles. The third-order valence-electron chi connectivity index (χ3n) is 8.09. The van der Waals surface area contributed by atoms with E-state index in [0.717, 1.165) is 37.0 Å². The van der Waals surface area contributed by atoms with Crippen LogP contribution in [0.15, 0.2) is 54.3 Å². The van der Waals surface area contributed by atoms with Crippen molar-refractivity contribution in [3.05, 3.63) is 76.6 Å². The number of carbonyl (C=O) groups is 1. The van der Waals surface area contributed by atoms with Crippen molar-refractivity contribution in [1.82, 2.24) is 0 Å². The molecule has 5 heteroatoms. The zero-order valence-corrected chi connectivity index (χ0v) is 18.3. The average molecular weight is 438 g/mol. The highest BCUT2D eigenvalue weighted by Gasteiger charge is 2.64. The first-order valence-electron chi connectivity index (χ1n) is 11.0. The predicted molar refractivity (Wildman–Crippen MR) is 112 cm³/mol. The van der Waals surface area contributed by atoms with E-state index in [9.17, 15) is 9.90 Å². The molecular formula is C26H26ClO4-. The van der Waals surface area contributed by atoms with Gasteiger partial charge in [-0.3, -0.25) is 0 Å². The van der Waals surface area contributed by atoms with Crippen LogP contribution in [0.1, 0.15) is 53.2 Å². The summed E-state index contributed by atoms with van der Waals surface area (Å²) >= 11 is 0. The second kappa shape index (κ2) is 7.39. The molecular weight excluding hydrogens is 412 g/mol. The number of hydrogen-bond donors (Lipinski definition) is 1. The van der Waals surface area contributed by atoms with E-state index in [4.69, 9.17) is 9.47 Å². The first-order valence-corrected chi connectivity index (χ1v) is 11.0. The smallest absolute Gasteiger partial charge is 0.343 e. The molecule has 4 aliphatic rings. The van der Waals surface area contributed by atoms with Gasteiger partial charge in [-0.15, -0.1) is 0 Å². The second-order valence-electron chi connectivity index (χ2n) is 9.37. The molecule has 2 aromatic rings. The molecule has 2 aromatic carbocycles. The van der Waals surface area contributed by atoms with Gasteiger partial charge in [0.2, 0.25) is 0 Å². The lowest BCUT2D eigenvalue weighted by Gasteiger charge is -2.56. The number of benzene rings is 2. The van der Waals surface area contributed by atoms with Gasteiger partial charge in [0.05, 0.1) is 12.2 Å². The first-order chi connectivity index (χ1) is 14.6. The van der Waals surface area contributed by atoms with Crippen molar-refractivity contribution in [2.45, 2.75) is 50.7 Å². The van der Waals surface area contributed by atoms with Gasteiger partial charge in [0.1, 0.15) is 11.5 Å². The topological polar surface area (TPSA) is 55.8 Å². The van der Waals surface area contributed by atoms with Crippen LogP contribution in [0.4, 0.5) is 0 Å². The Balaban J connectivity index is 0.00000204. The minimum atomic E-state index is -0.338. The lowest BCUT2D eigenvalue weighted by Crippen LogP contribution is -3.00. The zero-order valence-electron chi connectivity index (χ0n) is 17.5. The molecule has 6 rings (SSSR count). The average Bonchev–Trinajstić information content (AvgIpc) is 3.13. The molecule has 1 spiro atoms. The molecule has 1 fully saturated rings. The number of rotatable bonds is 3. The minimum Gasteiger partial charge on any atom is -1.00 e. The second-order valence-corrected chi connectivity index (χ2v) is 9.37. The molecule has 0 aromatic heterocycles. The van der Waals surface area contributed by atoms with Crippen molar-refractivity contribution in [2.24, 2.45) is 17.8 Å². The number of hydrogen-bond acceptors (Lipinski definition) is 4. The highest BCUT2D eigenvalue weighted by molar-refractivity contribution is 5.90. The number of aliphatic hydroxyl groups excluding tert-OH is 1. The molecule has 1 heterocycles. The van der Waals surface area contributed by atoms with Gasteiger partial charge in [0.25, 0.3) is 0 Å². The Kier molecular flexibility index (Phi) is 4.91. The van der Waals surface area contributed by atoms with Crippen molar-refractivity contribution in [2.75, 3.05) is 0 Å². The van der Waals surface area contributed by atoms with E-state index >= 15 is 0 Å². The van der Waals surface area contributed by atoms with Gasteiger partial charge in [-0.1, -0.05) is 37.3 Å². The van der Waals surface area contributed by atoms with E-state index in [1.54, 1.807) is 12.1 Å². The summed E-state index contributed by atoms with van der Waals surface area (Å²) in [6.07, 6.45) is 5.98. The summed E-state index contributed by atoms with van der Waals surface area (Å²) in [7, 11) is 0. The van der Waals surface area contributed by atoms with Crippen molar-refractivity contribution >= 4 is 5.97 Å². The monoisotopic (exact) mass is 437 g/mol. The maximum Gasteiger partial charge on any atom is 0.343 e. The molecule has 1 aliphatic heterocycles. The quantitative estimate of drug-likeness (QED) is 0.740. The summed E-state index contributed by atoms with van der Waals surface area (Å²) in [5, 5.41) is 9.95. The summed E-state index contributed by atoms with van der Waals surface area (Å²) in [5.41, 5.74) is 3.87. The molecule has 1 N–H and O–H groups in total. The van der Waals surface area contributed by atoms with Crippen LogP contribution in [0, 0.1) is 17.8 Å². The Morgan fingerprint density at radius 1 is 1.23 bits per heavy atom. The van der Waals surface area contributed by atoms with Crippen LogP contribution in [0.3, 0.4) is 0 Å². The van der Waals surface area contributed by atoms with Crippen molar-refractivity contribution in [3.8, 4) is 5.75 Å². The summed E-state index contributed by atoms with van der Waals surface area (Å²) in [5.74, 6) is 2.93. The van der Waals surface area contributed by atoms with E-state index in [-0.39, 0.29) is 36.5 Å². The van der Waals surface area contributed by atoms with E-state index < -0.39 is 0 Å². The maximum absolute atomic E-state index is 12.8. The SMILES string of the molecule is CC1CCC23c4c5ccc(CO)c4OC2C(OC(=O)c2ccccc2)=CCC3C1C5.[Cl-]. The predicted octanol–water partition coefficient (Wildman–Crippen LogP) is 1.54. The van der Waals surface area contributed by atoms with E-state index in [2.05, 4.69) is 19.1 Å². The molecule has 0 amide bonds. The van der Waals surface area contributed by atoms with Gasteiger partial charge >= 0.3 is 5.97 Å². The van der Waals surface area contributed by atoms with Crippen LogP contribution in [0.25, 0.3) is 0 Å². The third-order valence-corrected chi connectivity index (χ3v) is 8.09. The molecule has 1 saturated carbocycles. The lowest BCUT2D eigenvalue weighted by molar-refractivity contribution is -0.0194. The molecule has 5 unspecified atom stereocenters. The standard InChI is InChI=1S/C26H26O4.ClH/c1-15-11-12-26-20-9-10-21(29-25(28)16-5-3-2-4-6-16)24(26)30-23-18(14-27)8-7-17(22(23)26)13-19(15)20;/h2-8,10,15,19-20,24,27H,9,11-14H2,1H3;1H/p-1. The Morgan fingerprint density at radius 2 is 2.03 bits per heavy atom. The fourth-order valence-corrected chi connectivity index (χ4v) is 6.72. The number of esters is 1. The van der Waals surface area contributed by atoms with Crippen molar-refractivity contribution in [3.63, 3.8) is 0 Å². The van der Waals surface area contributed by atoms with Crippen LogP contribution >= 0.6 is 0 Å². The normalized spacial score (nSPS) is 31.6. The van der Waals surface area contributed by atoms with Gasteiger partial charge in [0.15, 0.2) is 6.10 Å². The highest BCUT2D eigenvalue weighted by Crippen LogP contribution is 2.65. The number of halogens is 1. The number of allylic oxidation sites excluding steroid dienone is 1. The van der Waals surface area contributed by atoms with E-state index in [1.165, 1.54) is 11.1 Å². The minimum absolute atomic E-state index is 0. The number of ether oxygens (including phenoxy) is 2. The number of aliphatic hydroxyl groups is 1. The summed E-state index contributed by atoms with van der Waals surface area (Å²) in [4.78, 5) is 12.8. The molecule has 2 bridgehead atoms. The summed E-state index contributed by atoms with van der Waals surface area (Å²) < 4.78 is 12.5. The zero-order chi connectivity index (χ0) is 20.5. The Morgan fingerprint density at radius 3 is 2.81 bits per heavy atom. The van der Waals surface area contributed by atoms with Crippen molar-refractivity contribution < 1.29 is 31.8 Å². The molecule has 0 radical (unpaired) electrons. The van der Waals surface area contributed by atoms with Gasteiger partial charge in [-0.2, -0.15) is 0 Å². The molecule has 0 saturated heterocycles. The van der Waals surface area contributed by atoms with Crippen LogP contribution in [0.2, 0.25) is 0 Å². The fourth-order valence-electron chi connectivity index (χ4n) is 6.72. The Bertz CT molecular complexity index is 1060. The van der Waals surface area contributed by atoms with Gasteiger partial charge < -0.3 is 27.0 Å². The van der Waals surface area contributed by atoms with E-state index in [0.29, 0.717) is 29.1 Å². The van der Waals surface area contributed by atoms with Crippen LogP contribution in [0.5, 0.6) is 5.75 Å². The molecule has 4 nitrogen and oxygen atoms in total. The third kappa shape index (κ3) is 2.74. The van der Waals surface area contributed by atoms with Crippen LogP contribution in [-0.4, -0.2) is 17.2 Å². The molecule has 5 atom stereocenters. The lowest BCUT2D eigenvalue weighted by atomic mass is 9.47. The maximum atomic E-state index is 12.8. The fraction of sp³-hybridized carbons (Fsp3) is 0.423. The molecule has 162 valence electrons. The highest BCUT2D eigenvalue weighted by atomic mass is 35.5. The largest absolute Gasteiger partial charge is 1.00 e. The van der Waals surface area contributed by atoms with Gasteiger partial charge in [0, 0.05) is 16.5 Å². The first kappa shape index (κ1) is 20.6.